The lowest BCUT2D eigenvalue weighted by atomic mass is 10.1. The Morgan fingerprint density at radius 1 is 1.03 bits per heavy atom. The highest BCUT2D eigenvalue weighted by Gasteiger charge is 2.21. The first-order valence-electron chi connectivity index (χ1n) is 10.6. The van der Waals surface area contributed by atoms with Crippen molar-refractivity contribution < 1.29 is 5.11 Å². The lowest BCUT2D eigenvalue weighted by molar-refractivity contribution is 0.277. The van der Waals surface area contributed by atoms with Crippen LogP contribution in [0.1, 0.15) is 23.5 Å². The fourth-order valence-electron chi connectivity index (χ4n) is 3.85. The molecule has 0 atom stereocenters. The Morgan fingerprint density at radius 2 is 1.82 bits per heavy atom. The summed E-state index contributed by atoms with van der Waals surface area (Å²) < 4.78 is 4.26. The number of hydrogen-bond acceptors (Lipinski definition) is 5. The van der Waals surface area contributed by atoms with Gasteiger partial charge in [-0.25, -0.2) is 9.78 Å². The average Bonchev–Trinajstić information content (AvgIpc) is 3.18. The van der Waals surface area contributed by atoms with Gasteiger partial charge in [0.1, 0.15) is 5.82 Å². The molecule has 0 bridgehead atoms. The number of aryl methyl sites for hydroxylation is 3. The predicted molar refractivity (Wildman–Crippen MR) is 133 cm³/mol. The maximum Gasteiger partial charge on any atom is 0.332 e. The zero-order chi connectivity index (χ0) is 24.4. The molecule has 3 aromatic heterocycles. The molecule has 34 heavy (non-hydrogen) atoms. The second kappa shape index (κ2) is 10.3. The first-order chi connectivity index (χ1) is 16.3. The summed E-state index contributed by atoms with van der Waals surface area (Å²) in [4.78, 5) is 35.2. The molecule has 0 amide bonds. The van der Waals surface area contributed by atoms with E-state index in [9.17, 15) is 14.7 Å². The largest absolute Gasteiger partial charge is 0.396 e. The van der Waals surface area contributed by atoms with Crippen LogP contribution in [0.25, 0.3) is 11.2 Å². The predicted octanol–water partition coefficient (Wildman–Crippen LogP) is 3.47. The van der Waals surface area contributed by atoms with E-state index < -0.39 is 11.2 Å². The van der Waals surface area contributed by atoms with Gasteiger partial charge in [-0.05, 0) is 36.6 Å². The summed E-state index contributed by atoms with van der Waals surface area (Å²) in [6.45, 7) is 0.239. The highest BCUT2D eigenvalue weighted by Crippen LogP contribution is 2.27. The minimum absolute atomic E-state index is 0.107. The smallest absolute Gasteiger partial charge is 0.332 e. The van der Waals surface area contributed by atoms with Crippen LogP contribution in [0.5, 0.6) is 0 Å². The van der Waals surface area contributed by atoms with E-state index in [-0.39, 0.29) is 31.8 Å². The molecule has 0 radical (unpaired) electrons. The maximum absolute atomic E-state index is 13.4. The molecule has 0 aliphatic carbocycles. The Bertz CT molecular complexity index is 1460. The summed E-state index contributed by atoms with van der Waals surface area (Å²) in [5.74, 6) is 0.606. The van der Waals surface area contributed by atoms with E-state index in [4.69, 9.17) is 34.8 Å². The molecular weight excluding hydrogens is 501 g/mol. The molecule has 1 aromatic carbocycles. The number of fused-ring (bicyclic) bond motifs is 1. The van der Waals surface area contributed by atoms with E-state index in [2.05, 4.69) is 9.97 Å². The van der Waals surface area contributed by atoms with Gasteiger partial charge in [-0.3, -0.25) is 18.9 Å². The maximum atomic E-state index is 13.4. The summed E-state index contributed by atoms with van der Waals surface area (Å²) in [6.07, 6.45) is 2.81. The fraction of sp³-hybridized carbons (Fsp3) is 0.304. The van der Waals surface area contributed by atoms with Crippen LogP contribution in [0.2, 0.25) is 15.1 Å². The van der Waals surface area contributed by atoms with Gasteiger partial charge in [0, 0.05) is 32.8 Å². The number of nitrogens with zero attached hydrogens (tertiary/aromatic N) is 5. The molecule has 4 aromatic rings. The van der Waals surface area contributed by atoms with Crippen LogP contribution in [-0.4, -0.2) is 35.4 Å². The first-order valence-corrected chi connectivity index (χ1v) is 11.8. The molecule has 0 saturated carbocycles. The number of hydrogen-bond donors (Lipinski definition) is 1. The number of rotatable bonds is 8. The molecule has 1 N–H and O–H groups in total. The van der Waals surface area contributed by atoms with Crippen molar-refractivity contribution in [2.45, 2.75) is 32.4 Å². The van der Waals surface area contributed by atoms with E-state index in [1.54, 1.807) is 29.8 Å². The van der Waals surface area contributed by atoms with Gasteiger partial charge in [0.05, 0.1) is 27.3 Å². The summed E-state index contributed by atoms with van der Waals surface area (Å²) in [5.41, 5.74) is 1.18. The second-order valence-corrected chi connectivity index (χ2v) is 9.06. The highest BCUT2D eigenvalue weighted by atomic mass is 35.5. The minimum Gasteiger partial charge on any atom is -0.396 e. The van der Waals surface area contributed by atoms with Crippen molar-refractivity contribution in [3.63, 3.8) is 0 Å². The summed E-state index contributed by atoms with van der Waals surface area (Å²) >= 11 is 18.5. The molecule has 0 spiro atoms. The number of imidazole rings is 1. The van der Waals surface area contributed by atoms with Crippen molar-refractivity contribution in [3.8, 4) is 0 Å². The average molecular weight is 523 g/mol. The van der Waals surface area contributed by atoms with Crippen LogP contribution >= 0.6 is 34.8 Å². The van der Waals surface area contributed by atoms with Crippen LogP contribution in [-0.2, 0) is 33.0 Å². The first kappa shape index (κ1) is 24.5. The molecule has 4 rings (SSSR count). The van der Waals surface area contributed by atoms with Gasteiger partial charge in [0.2, 0.25) is 0 Å². The SMILES string of the molecule is Cn1c(=O)n(CCCO)c(=O)c2c1nc(CCc1cccc(Cl)c1Cl)n2Cc1ccc(Cl)cn1. The van der Waals surface area contributed by atoms with E-state index in [1.165, 1.54) is 10.8 Å². The van der Waals surface area contributed by atoms with Gasteiger partial charge in [0.15, 0.2) is 11.2 Å². The van der Waals surface area contributed by atoms with Crippen molar-refractivity contribution in [2.75, 3.05) is 6.61 Å². The lowest BCUT2D eigenvalue weighted by Gasteiger charge is -2.11. The number of aliphatic hydroxyl groups excluding tert-OH is 1. The quantitative estimate of drug-likeness (QED) is 0.382. The summed E-state index contributed by atoms with van der Waals surface area (Å²) in [6, 6.07) is 8.94. The monoisotopic (exact) mass is 521 g/mol. The van der Waals surface area contributed by atoms with E-state index in [1.807, 2.05) is 12.1 Å². The van der Waals surface area contributed by atoms with Gasteiger partial charge in [0.25, 0.3) is 5.56 Å². The fourth-order valence-corrected chi connectivity index (χ4v) is 4.38. The van der Waals surface area contributed by atoms with Crippen LogP contribution in [0, 0.1) is 0 Å². The molecule has 178 valence electrons. The van der Waals surface area contributed by atoms with E-state index in [0.717, 1.165) is 10.1 Å². The number of aromatic nitrogens is 5. The molecular formula is C23H22Cl3N5O3. The second-order valence-electron chi connectivity index (χ2n) is 7.84. The number of pyridine rings is 1. The normalized spacial score (nSPS) is 11.4. The minimum atomic E-state index is -0.482. The van der Waals surface area contributed by atoms with Gasteiger partial charge >= 0.3 is 5.69 Å². The third kappa shape index (κ3) is 4.77. The molecule has 0 aliphatic heterocycles. The zero-order valence-electron chi connectivity index (χ0n) is 18.3. The Balaban J connectivity index is 1.86. The Kier molecular flexibility index (Phi) is 7.42. The van der Waals surface area contributed by atoms with Gasteiger partial charge in [-0.2, -0.15) is 0 Å². The zero-order valence-corrected chi connectivity index (χ0v) is 20.6. The van der Waals surface area contributed by atoms with E-state index in [0.29, 0.717) is 44.9 Å². The molecule has 0 saturated heterocycles. The molecule has 3 heterocycles. The Hall–Kier alpha value is -2.65. The van der Waals surface area contributed by atoms with E-state index >= 15 is 0 Å². The highest BCUT2D eigenvalue weighted by molar-refractivity contribution is 6.42. The Morgan fingerprint density at radius 3 is 2.53 bits per heavy atom. The standard InChI is InChI=1S/C23H22Cl3N5O3/c1-29-21-20(22(33)30(23(29)34)10-3-11-32)31(13-16-8-7-15(24)12-27-16)18(28-21)9-6-14-4-2-5-17(25)19(14)26/h2,4-5,7-8,12,32H,3,6,9-11,13H2,1H3. The molecule has 0 unspecified atom stereocenters. The van der Waals surface area contributed by atoms with Gasteiger partial charge in [-0.15, -0.1) is 0 Å². The number of benzene rings is 1. The number of halogens is 3. The van der Waals surface area contributed by atoms with Crippen molar-refractivity contribution >= 4 is 46.0 Å². The van der Waals surface area contributed by atoms with Crippen molar-refractivity contribution in [3.05, 3.63) is 89.5 Å². The lowest BCUT2D eigenvalue weighted by Crippen LogP contribution is -2.40. The van der Waals surface area contributed by atoms with Gasteiger partial charge < -0.3 is 9.67 Å². The van der Waals surface area contributed by atoms with Gasteiger partial charge in [-0.1, -0.05) is 46.9 Å². The molecule has 0 fully saturated rings. The van der Waals surface area contributed by atoms with Crippen LogP contribution in [0.15, 0.2) is 46.1 Å². The summed E-state index contributed by atoms with van der Waals surface area (Å²) in [7, 11) is 1.58. The Labute approximate surface area is 210 Å². The summed E-state index contributed by atoms with van der Waals surface area (Å²) in [5, 5.41) is 10.7. The number of aliphatic hydroxyl groups is 1. The van der Waals surface area contributed by atoms with Crippen molar-refractivity contribution in [1.29, 1.82) is 0 Å². The van der Waals surface area contributed by atoms with Crippen LogP contribution < -0.4 is 11.2 Å². The van der Waals surface area contributed by atoms with Crippen LogP contribution in [0.4, 0.5) is 0 Å². The third-order valence-electron chi connectivity index (χ3n) is 5.61. The van der Waals surface area contributed by atoms with Crippen molar-refractivity contribution in [1.82, 2.24) is 23.7 Å². The molecule has 11 heteroatoms. The van der Waals surface area contributed by atoms with Crippen LogP contribution in [0.3, 0.4) is 0 Å². The third-order valence-corrected chi connectivity index (χ3v) is 6.69. The molecule has 0 aliphatic rings. The molecule has 8 nitrogen and oxygen atoms in total. The van der Waals surface area contributed by atoms with Crippen molar-refractivity contribution in [2.24, 2.45) is 7.05 Å². The topological polar surface area (TPSA) is 94.9 Å².